The SMILES string of the molecule is Cc1ccc(-c2ccc(=O)n(CC(=O)N3CCN(c4ccc(F)cc4)CC3)n2)cc1C. The quantitative estimate of drug-likeness (QED) is 0.651. The smallest absolute Gasteiger partial charge is 0.267 e. The zero-order valence-corrected chi connectivity index (χ0v) is 17.7. The van der Waals surface area contributed by atoms with E-state index in [1.54, 1.807) is 23.1 Å². The van der Waals surface area contributed by atoms with Crippen molar-refractivity contribution in [2.75, 3.05) is 31.1 Å². The summed E-state index contributed by atoms with van der Waals surface area (Å²) in [7, 11) is 0. The van der Waals surface area contributed by atoms with E-state index in [9.17, 15) is 14.0 Å². The highest BCUT2D eigenvalue weighted by atomic mass is 19.1. The van der Waals surface area contributed by atoms with Crippen molar-refractivity contribution in [1.82, 2.24) is 14.7 Å². The van der Waals surface area contributed by atoms with Gasteiger partial charge in [0, 0.05) is 43.5 Å². The van der Waals surface area contributed by atoms with Crippen molar-refractivity contribution >= 4 is 11.6 Å². The van der Waals surface area contributed by atoms with Gasteiger partial charge in [0.05, 0.1) is 5.69 Å². The summed E-state index contributed by atoms with van der Waals surface area (Å²) in [5, 5.41) is 4.43. The van der Waals surface area contributed by atoms with Gasteiger partial charge in [0.25, 0.3) is 5.56 Å². The first-order chi connectivity index (χ1) is 14.9. The second kappa shape index (κ2) is 8.71. The molecule has 1 aliphatic rings. The number of hydrogen-bond donors (Lipinski definition) is 0. The Labute approximate surface area is 180 Å². The summed E-state index contributed by atoms with van der Waals surface area (Å²) < 4.78 is 14.4. The fraction of sp³-hybridized carbons (Fsp3) is 0.292. The Morgan fingerprint density at radius 2 is 1.65 bits per heavy atom. The van der Waals surface area contributed by atoms with Crippen LogP contribution in [0.4, 0.5) is 10.1 Å². The van der Waals surface area contributed by atoms with Crippen LogP contribution in [0.1, 0.15) is 11.1 Å². The Balaban J connectivity index is 1.43. The molecule has 0 bridgehead atoms. The number of benzene rings is 2. The van der Waals surface area contributed by atoms with Gasteiger partial charge in [0.2, 0.25) is 5.91 Å². The standard InChI is InChI=1S/C24H25FN4O2/c1-17-3-4-19(15-18(17)2)22-9-10-23(30)29(26-22)16-24(31)28-13-11-27(12-14-28)21-7-5-20(25)6-8-21/h3-10,15H,11-14,16H2,1-2H3. The normalized spacial score (nSPS) is 14.0. The first-order valence-corrected chi connectivity index (χ1v) is 10.3. The molecule has 0 radical (unpaired) electrons. The highest BCUT2D eigenvalue weighted by Crippen LogP contribution is 2.20. The topological polar surface area (TPSA) is 58.4 Å². The summed E-state index contributed by atoms with van der Waals surface area (Å²) in [5.74, 6) is -0.399. The van der Waals surface area contributed by atoms with E-state index in [2.05, 4.69) is 10.00 Å². The van der Waals surface area contributed by atoms with Crippen molar-refractivity contribution in [1.29, 1.82) is 0 Å². The lowest BCUT2D eigenvalue weighted by Gasteiger charge is -2.36. The molecule has 1 aliphatic heterocycles. The lowest BCUT2D eigenvalue weighted by Crippen LogP contribution is -2.50. The van der Waals surface area contributed by atoms with E-state index >= 15 is 0 Å². The van der Waals surface area contributed by atoms with E-state index < -0.39 is 0 Å². The number of halogens is 1. The lowest BCUT2D eigenvalue weighted by molar-refractivity contribution is -0.132. The molecule has 31 heavy (non-hydrogen) atoms. The monoisotopic (exact) mass is 420 g/mol. The minimum atomic E-state index is -0.300. The lowest BCUT2D eigenvalue weighted by atomic mass is 10.0. The van der Waals surface area contributed by atoms with Gasteiger partial charge in [-0.3, -0.25) is 9.59 Å². The number of aryl methyl sites for hydroxylation is 2. The number of piperazine rings is 1. The van der Waals surface area contributed by atoms with Crippen LogP contribution >= 0.6 is 0 Å². The van der Waals surface area contributed by atoms with Gasteiger partial charge in [-0.2, -0.15) is 5.10 Å². The molecule has 0 spiro atoms. The zero-order valence-electron chi connectivity index (χ0n) is 17.7. The second-order valence-corrected chi connectivity index (χ2v) is 7.86. The van der Waals surface area contributed by atoms with Crippen LogP contribution in [0.3, 0.4) is 0 Å². The molecule has 6 nitrogen and oxygen atoms in total. The van der Waals surface area contributed by atoms with Gasteiger partial charge < -0.3 is 9.80 Å². The van der Waals surface area contributed by atoms with Crippen LogP contribution < -0.4 is 10.5 Å². The maximum atomic E-state index is 13.1. The molecule has 1 fully saturated rings. The molecular weight excluding hydrogens is 395 g/mol. The third kappa shape index (κ3) is 4.66. The van der Waals surface area contributed by atoms with Crippen molar-refractivity contribution in [3.8, 4) is 11.3 Å². The molecule has 2 heterocycles. The third-order valence-electron chi connectivity index (χ3n) is 5.78. The Bertz CT molecular complexity index is 1150. The fourth-order valence-electron chi connectivity index (χ4n) is 3.71. The molecule has 160 valence electrons. The molecule has 0 aliphatic carbocycles. The second-order valence-electron chi connectivity index (χ2n) is 7.86. The Kier molecular flexibility index (Phi) is 5.84. The van der Waals surface area contributed by atoms with Crippen molar-refractivity contribution in [2.45, 2.75) is 20.4 Å². The van der Waals surface area contributed by atoms with Gasteiger partial charge in [-0.15, -0.1) is 0 Å². The van der Waals surface area contributed by atoms with E-state index in [-0.39, 0.29) is 23.8 Å². The number of nitrogens with zero attached hydrogens (tertiary/aromatic N) is 4. The van der Waals surface area contributed by atoms with E-state index in [0.29, 0.717) is 31.9 Å². The molecule has 3 aromatic rings. The van der Waals surface area contributed by atoms with Gasteiger partial charge >= 0.3 is 0 Å². The highest BCUT2D eigenvalue weighted by molar-refractivity contribution is 5.76. The molecule has 7 heteroatoms. The summed E-state index contributed by atoms with van der Waals surface area (Å²) in [6.07, 6.45) is 0. The van der Waals surface area contributed by atoms with Gasteiger partial charge in [0.1, 0.15) is 12.4 Å². The van der Waals surface area contributed by atoms with E-state index in [1.807, 2.05) is 32.0 Å². The average Bonchev–Trinajstić information content (AvgIpc) is 2.78. The minimum absolute atomic E-state index is 0.0892. The van der Waals surface area contributed by atoms with E-state index in [4.69, 9.17) is 0 Å². The Morgan fingerprint density at radius 1 is 0.935 bits per heavy atom. The maximum absolute atomic E-state index is 13.1. The van der Waals surface area contributed by atoms with Gasteiger partial charge in [-0.25, -0.2) is 9.07 Å². The Morgan fingerprint density at radius 3 is 2.32 bits per heavy atom. The number of amides is 1. The molecule has 1 aromatic heterocycles. The number of carbonyl (C=O) groups excluding carboxylic acids is 1. The molecule has 0 atom stereocenters. The van der Waals surface area contributed by atoms with Crippen molar-refractivity contribution in [3.63, 3.8) is 0 Å². The van der Waals surface area contributed by atoms with E-state index in [0.717, 1.165) is 16.8 Å². The molecule has 2 aromatic carbocycles. The van der Waals surface area contributed by atoms with Crippen molar-refractivity contribution < 1.29 is 9.18 Å². The van der Waals surface area contributed by atoms with Crippen LogP contribution in [0.2, 0.25) is 0 Å². The zero-order chi connectivity index (χ0) is 22.0. The largest absolute Gasteiger partial charge is 0.368 e. The summed E-state index contributed by atoms with van der Waals surface area (Å²) in [6, 6.07) is 15.5. The first kappa shape index (κ1) is 20.8. The predicted molar refractivity (Wildman–Crippen MR) is 119 cm³/mol. The summed E-state index contributed by atoms with van der Waals surface area (Å²) in [6.45, 7) is 6.38. The van der Waals surface area contributed by atoms with Crippen LogP contribution in [-0.2, 0) is 11.3 Å². The number of rotatable bonds is 4. The Hall–Kier alpha value is -3.48. The van der Waals surface area contributed by atoms with Crippen LogP contribution in [0.5, 0.6) is 0 Å². The minimum Gasteiger partial charge on any atom is -0.368 e. The molecule has 0 N–H and O–H groups in total. The van der Waals surface area contributed by atoms with Gasteiger partial charge in [-0.05, 0) is 61.4 Å². The fourth-order valence-corrected chi connectivity index (χ4v) is 3.71. The highest BCUT2D eigenvalue weighted by Gasteiger charge is 2.22. The van der Waals surface area contributed by atoms with E-state index in [1.165, 1.54) is 28.4 Å². The summed E-state index contributed by atoms with van der Waals surface area (Å²) in [5.41, 5.74) is 4.55. The molecule has 0 unspecified atom stereocenters. The van der Waals surface area contributed by atoms with Gasteiger partial charge in [-0.1, -0.05) is 12.1 Å². The first-order valence-electron chi connectivity index (χ1n) is 10.3. The molecule has 4 rings (SSSR count). The summed E-state index contributed by atoms with van der Waals surface area (Å²) in [4.78, 5) is 29.0. The van der Waals surface area contributed by atoms with Crippen molar-refractivity contribution in [2.24, 2.45) is 0 Å². The molecule has 1 amide bonds. The number of carbonyl (C=O) groups is 1. The number of anilines is 1. The van der Waals surface area contributed by atoms with Crippen LogP contribution in [-0.4, -0.2) is 46.8 Å². The predicted octanol–water partition coefficient (Wildman–Crippen LogP) is 3.02. The average molecular weight is 420 g/mol. The van der Waals surface area contributed by atoms with Crippen LogP contribution in [0.25, 0.3) is 11.3 Å². The number of aromatic nitrogens is 2. The molecule has 1 saturated heterocycles. The summed E-state index contributed by atoms with van der Waals surface area (Å²) >= 11 is 0. The number of hydrogen-bond acceptors (Lipinski definition) is 4. The molecular formula is C24H25FN4O2. The van der Waals surface area contributed by atoms with Crippen LogP contribution in [0.15, 0.2) is 59.4 Å². The van der Waals surface area contributed by atoms with Crippen LogP contribution in [0, 0.1) is 19.7 Å². The third-order valence-corrected chi connectivity index (χ3v) is 5.78. The maximum Gasteiger partial charge on any atom is 0.267 e. The molecule has 0 saturated carbocycles. The van der Waals surface area contributed by atoms with Gasteiger partial charge in [0.15, 0.2) is 0 Å². The van der Waals surface area contributed by atoms with Crippen molar-refractivity contribution in [3.05, 3.63) is 81.9 Å².